The van der Waals surface area contributed by atoms with Crippen molar-refractivity contribution in [2.45, 2.75) is 36.5 Å². The third-order valence-electron chi connectivity index (χ3n) is 6.32. The summed E-state index contributed by atoms with van der Waals surface area (Å²) in [5.41, 5.74) is 5.76. The molecule has 2 aliphatic rings. The Labute approximate surface area is 229 Å². The lowest BCUT2D eigenvalue weighted by molar-refractivity contribution is -0.384. The van der Waals surface area contributed by atoms with Crippen LogP contribution in [0.3, 0.4) is 0 Å². The third kappa shape index (κ3) is 5.95. The number of rotatable bonds is 8. The lowest BCUT2D eigenvalue weighted by Gasteiger charge is -2.34. The molecule has 1 unspecified atom stereocenters. The molecule has 2 aliphatic heterocycles. The highest BCUT2D eigenvalue weighted by molar-refractivity contribution is 7.92. The number of nitrogens with one attached hydrogen (secondary N) is 2. The summed E-state index contributed by atoms with van der Waals surface area (Å²) in [5.74, 6) is -2.82. The Hall–Kier alpha value is -3.96. The number of likely N-dealkylation sites (N-methyl/N-ethyl adjacent to an activating group) is 1. The minimum Gasteiger partial charge on any atom is -0.416 e. The van der Waals surface area contributed by atoms with Crippen molar-refractivity contribution in [3.8, 4) is 5.88 Å². The third-order valence-corrected chi connectivity index (χ3v) is 8.43. The number of sulfone groups is 1. The number of nitrogens with zero attached hydrogens (tertiary/aromatic N) is 6. The van der Waals surface area contributed by atoms with Gasteiger partial charge in [-0.15, -0.1) is 0 Å². The summed E-state index contributed by atoms with van der Waals surface area (Å²) in [6, 6.07) is 3.99. The first kappa shape index (κ1) is 29.0. The number of nitrogens with two attached hydrogens (primary N) is 1. The minimum atomic E-state index is -3.79. The van der Waals surface area contributed by atoms with E-state index in [-0.39, 0.29) is 27.9 Å². The van der Waals surface area contributed by atoms with Gasteiger partial charge in [-0.05, 0) is 39.1 Å². The molecule has 0 amide bonds. The van der Waals surface area contributed by atoms with Gasteiger partial charge in [0, 0.05) is 44.6 Å². The molecule has 0 spiro atoms. The normalized spacial score (nSPS) is 19.9. The largest absolute Gasteiger partial charge is 0.416 e. The summed E-state index contributed by atoms with van der Waals surface area (Å²) in [5, 5.41) is 16.6. The average Bonchev–Trinajstić information content (AvgIpc) is 2.88. The van der Waals surface area contributed by atoms with Gasteiger partial charge in [0.15, 0.2) is 14.9 Å². The lowest BCUT2D eigenvalue weighted by atomic mass is 10.1. The summed E-state index contributed by atoms with van der Waals surface area (Å²) in [4.78, 5) is 27.4. The predicted octanol–water partition coefficient (Wildman–Crippen LogP) is 1.62. The van der Waals surface area contributed by atoms with Gasteiger partial charge in [0.25, 0.3) is 0 Å². The van der Waals surface area contributed by atoms with E-state index in [1.807, 2.05) is 11.9 Å². The summed E-state index contributed by atoms with van der Waals surface area (Å²) in [7, 11) is -1.90. The number of ether oxygens (including phenoxy) is 1. The molecule has 1 atom stereocenters. The fourth-order valence-electron chi connectivity index (χ4n) is 4.10. The van der Waals surface area contributed by atoms with Crippen LogP contribution in [0.1, 0.15) is 19.4 Å². The molecule has 14 nitrogen and oxygen atoms in total. The average molecular weight is 582 g/mol. The number of nitro groups is 1. The van der Waals surface area contributed by atoms with Gasteiger partial charge in [-0.1, -0.05) is 0 Å². The van der Waals surface area contributed by atoms with Crippen molar-refractivity contribution in [2.24, 2.45) is 10.7 Å². The van der Waals surface area contributed by atoms with Gasteiger partial charge >= 0.3 is 12.3 Å². The van der Waals surface area contributed by atoms with Gasteiger partial charge in [0.05, 0.1) is 21.4 Å². The number of anilines is 2. The monoisotopic (exact) mass is 581 g/mol. The molecular weight excluding hydrogens is 552 g/mol. The molecule has 4 rings (SSSR count). The van der Waals surface area contributed by atoms with Crippen LogP contribution in [-0.4, -0.2) is 79.1 Å². The molecule has 40 heavy (non-hydrogen) atoms. The molecule has 2 aromatic rings. The van der Waals surface area contributed by atoms with E-state index in [0.717, 1.165) is 6.07 Å². The first-order chi connectivity index (χ1) is 18.8. The van der Waals surface area contributed by atoms with Crippen molar-refractivity contribution >= 4 is 32.9 Å². The molecule has 1 fully saturated rings. The number of aliphatic imine (C=N–C) groups is 1. The number of amidine groups is 1. The molecule has 0 radical (unpaired) electrons. The second kappa shape index (κ2) is 11.3. The van der Waals surface area contributed by atoms with Crippen molar-refractivity contribution in [1.29, 1.82) is 0 Å². The smallest absolute Gasteiger partial charge is 0.388 e. The second-order valence-corrected chi connectivity index (χ2v) is 11.8. The van der Waals surface area contributed by atoms with Crippen molar-refractivity contribution < 1.29 is 26.9 Å². The van der Waals surface area contributed by atoms with Crippen LogP contribution in [0, 0.1) is 10.1 Å². The summed E-state index contributed by atoms with van der Waals surface area (Å²) in [6.45, 7) is 1.64. The molecule has 1 saturated heterocycles. The van der Waals surface area contributed by atoms with Crippen LogP contribution >= 0.6 is 0 Å². The number of aromatic nitrogens is 2. The highest BCUT2D eigenvalue weighted by Crippen LogP contribution is 2.38. The van der Waals surface area contributed by atoms with Gasteiger partial charge in [-0.2, -0.15) is 13.8 Å². The summed E-state index contributed by atoms with van der Waals surface area (Å²) >= 11 is 0. The molecular formula is C23H29F2N9O5S. The topological polar surface area (TPSA) is 181 Å². The Balaban J connectivity index is 1.78. The van der Waals surface area contributed by atoms with Crippen LogP contribution in [-0.2, 0) is 15.6 Å². The van der Waals surface area contributed by atoms with E-state index in [4.69, 9.17) is 5.73 Å². The van der Waals surface area contributed by atoms with Gasteiger partial charge in [-0.3, -0.25) is 15.8 Å². The number of halogens is 2. The fourth-order valence-corrected chi connectivity index (χ4v) is 5.18. The minimum absolute atomic E-state index is 0.0169. The maximum atomic E-state index is 13.5. The number of hydrogen-bond donors (Lipinski definition) is 3. The molecule has 0 aliphatic carbocycles. The molecule has 216 valence electrons. The number of pyridine rings is 2. The Morgan fingerprint density at radius 2 is 1.98 bits per heavy atom. The molecule has 2 aromatic heterocycles. The van der Waals surface area contributed by atoms with Gasteiger partial charge in [0.2, 0.25) is 17.5 Å². The van der Waals surface area contributed by atoms with E-state index in [1.165, 1.54) is 44.5 Å². The molecule has 4 heterocycles. The molecule has 0 bridgehead atoms. The van der Waals surface area contributed by atoms with Crippen molar-refractivity contribution in [3.05, 3.63) is 52.3 Å². The zero-order valence-electron chi connectivity index (χ0n) is 21.9. The van der Waals surface area contributed by atoms with Crippen LogP contribution in [0.2, 0.25) is 0 Å². The molecule has 0 saturated carbocycles. The van der Waals surface area contributed by atoms with E-state index < -0.39 is 44.0 Å². The van der Waals surface area contributed by atoms with Crippen LogP contribution in [0.25, 0.3) is 0 Å². The fraction of sp³-hybridized carbons (Fsp3) is 0.435. The van der Waals surface area contributed by atoms with E-state index >= 15 is 0 Å². The quantitative estimate of drug-likeness (QED) is 0.303. The van der Waals surface area contributed by atoms with Crippen LogP contribution < -0.4 is 26.0 Å². The van der Waals surface area contributed by atoms with Crippen molar-refractivity contribution in [1.82, 2.24) is 20.2 Å². The number of alkyl halides is 2. The number of piperazine rings is 1. The highest BCUT2D eigenvalue weighted by Gasteiger charge is 2.38. The van der Waals surface area contributed by atoms with Crippen LogP contribution in [0.5, 0.6) is 5.88 Å². The summed E-state index contributed by atoms with van der Waals surface area (Å²) in [6.07, 6.45) is 4.07. The van der Waals surface area contributed by atoms with E-state index in [9.17, 15) is 27.3 Å². The van der Waals surface area contributed by atoms with Gasteiger partial charge in [-0.25, -0.2) is 18.4 Å². The number of hydrogen-bond acceptors (Lipinski definition) is 13. The molecule has 4 N–H and O–H groups in total. The zero-order chi connectivity index (χ0) is 29.2. The first-order valence-electron chi connectivity index (χ1n) is 12.2. The highest BCUT2D eigenvalue weighted by atomic mass is 32.2. The second-order valence-electron chi connectivity index (χ2n) is 9.43. The van der Waals surface area contributed by atoms with Crippen LogP contribution in [0.4, 0.5) is 26.0 Å². The Kier molecular flexibility index (Phi) is 8.18. The van der Waals surface area contributed by atoms with Crippen LogP contribution in [0.15, 0.2) is 46.7 Å². The molecule has 17 heteroatoms. The van der Waals surface area contributed by atoms with Crippen molar-refractivity contribution in [3.63, 3.8) is 0 Å². The lowest BCUT2D eigenvalue weighted by Crippen LogP contribution is -2.50. The predicted molar refractivity (Wildman–Crippen MR) is 143 cm³/mol. The maximum Gasteiger partial charge on any atom is 0.388 e. The Morgan fingerprint density at radius 1 is 1.27 bits per heavy atom. The Bertz CT molecular complexity index is 1450. The SMILES string of the molecule is CC(C)S(=O)(=O)c1ncccc1NC1=NC(N)(c2cc([N+](=O)[O-])c(N3CCN(C)CC3)nc2OC(F)F)NC=C1. The first-order valence-corrected chi connectivity index (χ1v) is 13.7. The van der Waals surface area contributed by atoms with E-state index in [1.54, 1.807) is 4.90 Å². The standard InChI is InChI=1S/C23H29F2N9O5S/c1-14(2)40(37,38)21-16(5-4-7-27-21)29-18-6-8-28-23(26,31-18)15-13-17(34(35)36)19(30-20(15)39-22(24)25)33-11-9-32(3)10-12-33/h4-8,13-14,22,28H,9-12,26H2,1-3H3,(H,29,31). The van der Waals surface area contributed by atoms with Gasteiger partial charge in [0.1, 0.15) is 5.84 Å². The van der Waals surface area contributed by atoms with Gasteiger partial charge < -0.3 is 25.2 Å². The summed E-state index contributed by atoms with van der Waals surface area (Å²) < 4.78 is 57.2. The maximum absolute atomic E-state index is 13.5. The Morgan fingerprint density at radius 3 is 2.60 bits per heavy atom. The van der Waals surface area contributed by atoms with Crippen molar-refractivity contribution in [2.75, 3.05) is 43.4 Å². The molecule has 0 aromatic carbocycles. The van der Waals surface area contributed by atoms with E-state index in [0.29, 0.717) is 26.2 Å². The zero-order valence-corrected chi connectivity index (χ0v) is 22.7. The van der Waals surface area contributed by atoms with E-state index in [2.05, 4.69) is 30.3 Å².